The number of piperidine rings is 1. The highest BCUT2D eigenvalue weighted by Gasteiger charge is 2.23. The Morgan fingerprint density at radius 1 is 1.30 bits per heavy atom. The monoisotopic (exact) mass is 312 g/mol. The van der Waals surface area contributed by atoms with Crippen LogP contribution < -0.4 is 10.1 Å². The van der Waals surface area contributed by atoms with Crippen LogP contribution in [0.5, 0.6) is 5.75 Å². The molecule has 2 aromatic rings. The van der Waals surface area contributed by atoms with E-state index in [-0.39, 0.29) is 5.91 Å². The number of hydrogen-bond donors (Lipinski definition) is 1. The lowest BCUT2D eigenvalue weighted by atomic mass is 10.0. The molecule has 1 aliphatic heterocycles. The van der Waals surface area contributed by atoms with E-state index in [1.165, 1.54) is 0 Å². The number of amides is 1. The van der Waals surface area contributed by atoms with E-state index in [2.05, 4.69) is 15.3 Å². The van der Waals surface area contributed by atoms with Gasteiger partial charge in [0.25, 0.3) is 5.91 Å². The Bertz CT molecular complexity index is 655. The summed E-state index contributed by atoms with van der Waals surface area (Å²) in [6, 6.07) is 7.61. The van der Waals surface area contributed by atoms with Gasteiger partial charge in [0.1, 0.15) is 11.6 Å². The van der Waals surface area contributed by atoms with Gasteiger partial charge in [-0.3, -0.25) is 9.78 Å². The molecular weight excluding hydrogens is 292 g/mol. The molecule has 23 heavy (non-hydrogen) atoms. The molecule has 0 atom stereocenters. The molecule has 0 spiro atoms. The molecule has 0 radical (unpaired) electrons. The van der Waals surface area contributed by atoms with Crippen molar-refractivity contribution in [2.75, 3.05) is 25.5 Å². The first-order valence-electron chi connectivity index (χ1n) is 7.72. The first kappa shape index (κ1) is 15.3. The zero-order valence-corrected chi connectivity index (χ0v) is 13.1. The molecule has 3 heterocycles. The largest absolute Gasteiger partial charge is 0.497 e. The summed E-state index contributed by atoms with van der Waals surface area (Å²) < 4.78 is 5.20. The molecule has 1 N–H and O–H groups in total. The molecule has 0 saturated carbocycles. The highest BCUT2D eigenvalue weighted by atomic mass is 16.5. The molecule has 1 aliphatic rings. The third-order valence-electron chi connectivity index (χ3n) is 4.01. The van der Waals surface area contributed by atoms with Crippen molar-refractivity contribution in [3.8, 4) is 5.75 Å². The first-order chi connectivity index (χ1) is 11.3. The zero-order valence-electron chi connectivity index (χ0n) is 13.1. The van der Waals surface area contributed by atoms with E-state index in [4.69, 9.17) is 4.74 Å². The molecule has 6 heteroatoms. The normalized spacial score (nSPS) is 15.3. The maximum atomic E-state index is 12.4. The number of hydrogen-bond acceptors (Lipinski definition) is 5. The lowest BCUT2D eigenvalue weighted by molar-refractivity contribution is 0.0718. The second-order valence-electron chi connectivity index (χ2n) is 5.53. The first-order valence-corrected chi connectivity index (χ1v) is 7.72. The van der Waals surface area contributed by atoms with Gasteiger partial charge in [-0.25, -0.2) is 4.98 Å². The van der Waals surface area contributed by atoms with Gasteiger partial charge in [0.05, 0.1) is 12.7 Å². The molecule has 0 unspecified atom stereocenters. The summed E-state index contributed by atoms with van der Waals surface area (Å²) in [4.78, 5) is 22.6. The van der Waals surface area contributed by atoms with Gasteiger partial charge in [-0.15, -0.1) is 0 Å². The van der Waals surface area contributed by atoms with Crippen molar-refractivity contribution in [3.05, 3.63) is 48.4 Å². The Morgan fingerprint density at radius 3 is 2.83 bits per heavy atom. The summed E-state index contributed by atoms with van der Waals surface area (Å²) in [7, 11) is 1.64. The minimum atomic E-state index is 0.0519. The number of methoxy groups -OCH3 is 1. The number of carbonyl (C=O) groups excluding carboxylic acids is 1. The van der Waals surface area contributed by atoms with Crippen LogP contribution in [-0.2, 0) is 0 Å². The van der Waals surface area contributed by atoms with E-state index in [9.17, 15) is 4.79 Å². The summed E-state index contributed by atoms with van der Waals surface area (Å²) in [6.45, 7) is 1.46. The molecular formula is C17H20N4O2. The average Bonchev–Trinajstić information content (AvgIpc) is 2.63. The summed E-state index contributed by atoms with van der Waals surface area (Å²) in [5.41, 5.74) is 0.647. The fourth-order valence-electron chi connectivity index (χ4n) is 2.72. The van der Waals surface area contributed by atoms with Crippen LogP contribution in [0.2, 0.25) is 0 Å². The number of pyridine rings is 2. The van der Waals surface area contributed by atoms with E-state index in [0.29, 0.717) is 11.6 Å². The van der Waals surface area contributed by atoms with Crippen LogP contribution in [0.3, 0.4) is 0 Å². The number of nitrogens with zero attached hydrogens (tertiary/aromatic N) is 3. The third kappa shape index (κ3) is 3.77. The molecule has 1 amide bonds. The predicted octanol–water partition coefficient (Wildman–Crippen LogP) is 2.20. The van der Waals surface area contributed by atoms with Crippen LogP contribution in [0.4, 0.5) is 5.82 Å². The van der Waals surface area contributed by atoms with Gasteiger partial charge in [0.2, 0.25) is 0 Å². The van der Waals surface area contributed by atoms with Gasteiger partial charge in [-0.2, -0.15) is 0 Å². The minimum absolute atomic E-state index is 0.0519. The van der Waals surface area contributed by atoms with Crippen molar-refractivity contribution in [3.63, 3.8) is 0 Å². The van der Waals surface area contributed by atoms with Crippen molar-refractivity contribution >= 4 is 11.7 Å². The highest BCUT2D eigenvalue weighted by molar-refractivity contribution is 5.93. The van der Waals surface area contributed by atoms with Crippen LogP contribution in [0, 0.1) is 0 Å². The van der Waals surface area contributed by atoms with E-state index in [1.54, 1.807) is 37.8 Å². The van der Waals surface area contributed by atoms with Crippen LogP contribution in [0.15, 0.2) is 42.9 Å². The molecule has 0 aromatic carbocycles. The third-order valence-corrected chi connectivity index (χ3v) is 4.01. The highest BCUT2D eigenvalue weighted by Crippen LogP contribution is 2.19. The number of anilines is 1. The van der Waals surface area contributed by atoms with Crippen LogP contribution in [0.1, 0.15) is 23.2 Å². The van der Waals surface area contributed by atoms with E-state index in [0.717, 1.165) is 37.5 Å². The summed E-state index contributed by atoms with van der Waals surface area (Å²) in [5.74, 6) is 1.64. The van der Waals surface area contributed by atoms with Gasteiger partial charge in [0, 0.05) is 43.8 Å². The Hall–Kier alpha value is -2.63. The number of aromatic nitrogens is 2. The molecule has 0 bridgehead atoms. The van der Waals surface area contributed by atoms with Gasteiger partial charge >= 0.3 is 0 Å². The smallest absolute Gasteiger partial charge is 0.255 e. The Kier molecular flexibility index (Phi) is 4.71. The maximum Gasteiger partial charge on any atom is 0.255 e. The van der Waals surface area contributed by atoms with E-state index < -0.39 is 0 Å². The van der Waals surface area contributed by atoms with Gasteiger partial charge < -0.3 is 15.0 Å². The summed E-state index contributed by atoms with van der Waals surface area (Å²) in [6.07, 6.45) is 6.80. The zero-order chi connectivity index (χ0) is 16.1. The number of nitrogens with one attached hydrogen (secondary N) is 1. The second kappa shape index (κ2) is 7.09. The molecule has 1 saturated heterocycles. The number of likely N-dealkylation sites (tertiary alicyclic amines) is 1. The molecule has 0 aliphatic carbocycles. The molecule has 3 rings (SSSR count). The quantitative estimate of drug-likeness (QED) is 0.937. The average molecular weight is 312 g/mol. The van der Waals surface area contributed by atoms with Crippen molar-refractivity contribution in [1.29, 1.82) is 0 Å². The van der Waals surface area contributed by atoms with Crippen LogP contribution in [0.25, 0.3) is 0 Å². The molecule has 2 aromatic heterocycles. The van der Waals surface area contributed by atoms with Crippen LogP contribution >= 0.6 is 0 Å². The lowest BCUT2D eigenvalue weighted by Gasteiger charge is -2.32. The van der Waals surface area contributed by atoms with Crippen molar-refractivity contribution in [2.24, 2.45) is 0 Å². The fraction of sp³-hybridized carbons (Fsp3) is 0.353. The number of carbonyl (C=O) groups is 1. The molecule has 1 fully saturated rings. The standard InChI is InChI=1S/C17H20N4O2/c1-23-15-4-8-19-16(11-15)20-14-5-9-21(10-6-14)17(22)13-3-2-7-18-12-13/h2-4,7-8,11-12,14H,5-6,9-10H2,1H3,(H,19,20). The Morgan fingerprint density at radius 2 is 2.13 bits per heavy atom. The summed E-state index contributed by atoms with van der Waals surface area (Å²) in [5, 5.41) is 3.41. The minimum Gasteiger partial charge on any atom is -0.497 e. The SMILES string of the molecule is COc1ccnc(NC2CCN(C(=O)c3cccnc3)CC2)c1. The van der Waals surface area contributed by atoms with E-state index >= 15 is 0 Å². The van der Waals surface area contributed by atoms with Gasteiger partial charge in [0.15, 0.2) is 0 Å². The number of rotatable bonds is 4. The fourth-order valence-corrected chi connectivity index (χ4v) is 2.72. The number of ether oxygens (including phenoxy) is 1. The maximum absolute atomic E-state index is 12.4. The predicted molar refractivity (Wildman–Crippen MR) is 87.6 cm³/mol. The Balaban J connectivity index is 1.55. The van der Waals surface area contributed by atoms with E-state index in [1.807, 2.05) is 17.0 Å². The summed E-state index contributed by atoms with van der Waals surface area (Å²) >= 11 is 0. The topological polar surface area (TPSA) is 67.3 Å². The molecule has 6 nitrogen and oxygen atoms in total. The van der Waals surface area contributed by atoms with Crippen molar-refractivity contribution in [2.45, 2.75) is 18.9 Å². The van der Waals surface area contributed by atoms with Gasteiger partial charge in [-0.05, 0) is 31.0 Å². The van der Waals surface area contributed by atoms with Crippen molar-refractivity contribution in [1.82, 2.24) is 14.9 Å². The van der Waals surface area contributed by atoms with Crippen molar-refractivity contribution < 1.29 is 9.53 Å². The van der Waals surface area contributed by atoms with Gasteiger partial charge in [-0.1, -0.05) is 0 Å². The molecule has 120 valence electrons. The Labute approximate surface area is 135 Å². The van der Waals surface area contributed by atoms with Crippen LogP contribution in [-0.4, -0.2) is 47.0 Å². The lowest BCUT2D eigenvalue weighted by Crippen LogP contribution is -2.42. The second-order valence-corrected chi connectivity index (χ2v) is 5.53.